The van der Waals surface area contributed by atoms with Crippen molar-refractivity contribution in [2.45, 2.75) is 5.33 Å². The van der Waals surface area contributed by atoms with E-state index in [2.05, 4.69) is 20.9 Å². The van der Waals surface area contributed by atoms with E-state index in [0.29, 0.717) is 0 Å². The summed E-state index contributed by atoms with van der Waals surface area (Å²) in [6.45, 7) is 0. The first kappa shape index (κ1) is 5.25. The van der Waals surface area contributed by atoms with Gasteiger partial charge in [-0.1, -0.05) is 15.9 Å². The Bertz CT molecular complexity index is 126. The Morgan fingerprint density at radius 3 is 3.00 bits per heavy atom. The molecular weight excluding hydrogens is 174 g/mol. The minimum absolute atomic E-state index is 0.872. The molecular formula is C4H4BrNS. The van der Waals surface area contributed by atoms with Crippen LogP contribution in [0.2, 0.25) is 0 Å². The van der Waals surface area contributed by atoms with Crippen LogP contribution in [0.5, 0.6) is 0 Å². The average molecular weight is 178 g/mol. The molecule has 1 aromatic rings. The van der Waals surface area contributed by atoms with Crippen molar-refractivity contribution in [1.29, 1.82) is 0 Å². The summed E-state index contributed by atoms with van der Waals surface area (Å²) in [7, 11) is 0. The topological polar surface area (TPSA) is 12.9 Å². The van der Waals surface area contributed by atoms with E-state index in [4.69, 9.17) is 0 Å². The van der Waals surface area contributed by atoms with Crippen molar-refractivity contribution in [1.82, 2.24) is 4.98 Å². The molecule has 1 heterocycles. The predicted molar refractivity (Wildman–Crippen MR) is 34.7 cm³/mol. The van der Waals surface area contributed by atoms with Crippen LogP contribution in [0, 0.1) is 0 Å². The Hall–Kier alpha value is 0.110. The second kappa shape index (κ2) is 2.43. The third-order valence-corrected chi connectivity index (χ3v) is 1.83. The van der Waals surface area contributed by atoms with Crippen molar-refractivity contribution in [2.75, 3.05) is 0 Å². The number of hydrogen-bond donors (Lipinski definition) is 0. The summed E-state index contributed by atoms with van der Waals surface area (Å²) in [5, 5.41) is 2.89. The average Bonchev–Trinajstić information content (AvgIpc) is 2.14. The van der Waals surface area contributed by atoms with Gasteiger partial charge in [0.15, 0.2) is 0 Å². The normalized spacial score (nSPS) is 9.29. The fraction of sp³-hybridized carbons (Fsp3) is 0.250. The molecule has 0 aromatic carbocycles. The first-order valence-corrected chi connectivity index (χ1v) is 3.93. The lowest BCUT2D eigenvalue weighted by Crippen LogP contribution is -1.69. The standard InChI is InChI=1S/C4H4BrNS/c5-1-4-2-7-3-6-4/h2-3H,1H2. The number of alkyl halides is 1. The molecule has 0 aliphatic heterocycles. The van der Waals surface area contributed by atoms with E-state index in [1.54, 1.807) is 11.3 Å². The Labute approximate surface area is 54.5 Å². The molecule has 0 aliphatic carbocycles. The van der Waals surface area contributed by atoms with E-state index >= 15 is 0 Å². The Morgan fingerprint density at radius 2 is 2.71 bits per heavy atom. The van der Waals surface area contributed by atoms with E-state index in [9.17, 15) is 0 Å². The van der Waals surface area contributed by atoms with E-state index in [0.717, 1.165) is 11.0 Å². The summed E-state index contributed by atoms with van der Waals surface area (Å²) in [5.74, 6) is 0. The zero-order valence-corrected chi connectivity index (χ0v) is 6.00. The highest BCUT2D eigenvalue weighted by Crippen LogP contribution is 2.03. The third-order valence-electron chi connectivity index (χ3n) is 0.620. The zero-order chi connectivity index (χ0) is 5.11. The lowest BCUT2D eigenvalue weighted by atomic mass is 10.6. The van der Waals surface area contributed by atoms with Gasteiger partial charge < -0.3 is 0 Å². The molecule has 0 fully saturated rings. The fourth-order valence-corrected chi connectivity index (χ4v) is 1.38. The lowest BCUT2D eigenvalue weighted by Gasteiger charge is -1.75. The van der Waals surface area contributed by atoms with Crippen LogP contribution >= 0.6 is 27.3 Å². The summed E-state index contributed by atoms with van der Waals surface area (Å²) >= 11 is 4.90. The highest BCUT2D eigenvalue weighted by atomic mass is 79.9. The first-order valence-electron chi connectivity index (χ1n) is 1.86. The van der Waals surface area contributed by atoms with Crippen LogP contribution in [0.15, 0.2) is 10.9 Å². The van der Waals surface area contributed by atoms with Crippen LogP contribution in [0.3, 0.4) is 0 Å². The van der Waals surface area contributed by atoms with Crippen molar-refractivity contribution in [3.8, 4) is 0 Å². The predicted octanol–water partition coefficient (Wildman–Crippen LogP) is 2.04. The molecule has 0 radical (unpaired) electrons. The van der Waals surface area contributed by atoms with Crippen molar-refractivity contribution < 1.29 is 0 Å². The number of aromatic nitrogens is 1. The molecule has 3 heteroatoms. The quantitative estimate of drug-likeness (QED) is 0.599. The van der Waals surface area contributed by atoms with Gasteiger partial charge in [-0.2, -0.15) is 0 Å². The smallest absolute Gasteiger partial charge is 0.0795 e. The Balaban J connectivity index is 2.76. The van der Waals surface area contributed by atoms with Gasteiger partial charge in [-0.25, -0.2) is 4.98 Å². The number of halogens is 1. The third kappa shape index (κ3) is 1.24. The van der Waals surface area contributed by atoms with E-state index in [1.807, 2.05) is 10.9 Å². The van der Waals surface area contributed by atoms with Gasteiger partial charge in [0.1, 0.15) is 0 Å². The monoisotopic (exact) mass is 177 g/mol. The number of thiazole rings is 1. The molecule has 38 valence electrons. The molecule has 0 bridgehead atoms. The van der Waals surface area contributed by atoms with Crippen LogP contribution in [-0.2, 0) is 5.33 Å². The Kier molecular flexibility index (Phi) is 1.82. The molecule has 0 saturated heterocycles. The molecule has 0 aliphatic rings. The van der Waals surface area contributed by atoms with Gasteiger partial charge in [0.25, 0.3) is 0 Å². The zero-order valence-electron chi connectivity index (χ0n) is 3.60. The second-order valence-corrected chi connectivity index (χ2v) is 2.39. The maximum absolute atomic E-state index is 4.01. The number of rotatable bonds is 1. The number of nitrogens with zero attached hydrogens (tertiary/aromatic N) is 1. The SMILES string of the molecule is BrCc1cscn1. The maximum atomic E-state index is 4.01. The van der Waals surface area contributed by atoms with Gasteiger partial charge in [-0.15, -0.1) is 11.3 Å². The van der Waals surface area contributed by atoms with Crippen molar-refractivity contribution in [2.24, 2.45) is 0 Å². The molecule has 0 amide bonds. The van der Waals surface area contributed by atoms with Crippen LogP contribution < -0.4 is 0 Å². The fourth-order valence-electron chi connectivity index (χ4n) is 0.304. The van der Waals surface area contributed by atoms with Gasteiger partial charge in [-0.05, 0) is 0 Å². The molecule has 0 unspecified atom stereocenters. The minimum Gasteiger partial charge on any atom is -0.249 e. The minimum atomic E-state index is 0.872. The Morgan fingerprint density at radius 1 is 1.86 bits per heavy atom. The van der Waals surface area contributed by atoms with Crippen molar-refractivity contribution in [3.05, 3.63) is 16.6 Å². The van der Waals surface area contributed by atoms with Gasteiger partial charge in [0, 0.05) is 10.7 Å². The van der Waals surface area contributed by atoms with E-state index in [1.165, 1.54) is 0 Å². The molecule has 7 heavy (non-hydrogen) atoms. The molecule has 0 atom stereocenters. The van der Waals surface area contributed by atoms with Gasteiger partial charge >= 0.3 is 0 Å². The summed E-state index contributed by atoms with van der Waals surface area (Å²) in [4.78, 5) is 4.01. The van der Waals surface area contributed by atoms with Crippen LogP contribution in [0.25, 0.3) is 0 Å². The number of hydrogen-bond acceptors (Lipinski definition) is 2. The van der Waals surface area contributed by atoms with Crippen molar-refractivity contribution >= 4 is 27.3 Å². The summed E-state index contributed by atoms with van der Waals surface area (Å²) in [5.41, 5.74) is 2.95. The molecule has 0 spiro atoms. The highest BCUT2D eigenvalue weighted by molar-refractivity contribution is 9.08. The van der Waals surface area contributed by atoms with Gasteiger partial charge in [-0.3, -0.25) is 0 Å². The highest BCUT2D eigenvalue weighted by Gasteiger charge is 1.85. The van der Waals surface area contributed by atoms with Crippen LogP contribution in [0.4, 0.5) is 0 Å². The van der Waals surface area contributed by atoms with Gasteiger partial charge in [0.05, 0.1) is 11.2 Å². The van der Waals surface area contributed by atoms with E-state index < -0.39 is 0 Å². The second-order valence-electron chi connectivity index (χ2n) is 1.11. The molecule has 1 aromatic heterocycles. The summed E-state index contributed by atoms with van der Waals surface area (Å²) in [6.07, 6.45) is 0. The van der Waals surface area contributed by atoms with Crippen LogP contribution in [-0.4, -0.2) is 4.98 Å². The largest absolute Gasteiger partial charge is 0.249 e. The molecule has 0 saturated carbocycles. The van der Waals surface area contributed by atoms with Crippen LogP contribution in [0.1, 0.15) is 5.69 Å². The molecule has 1 nitrogen and oxygen atoms in total. The summed E-state index contributed by atoms with van der Waals surface area (Å²) < 4.78 is 0. The lowest BCUT2D eigenvalue weighted by molar-refractivity contribution is 1.25. The van der Waals surface area contributed by atoms with Gasteiger partial charge in [0.2, 0.25) is 0 Å². The van der Waals surface area contributed by atoms with E-state index in [-0.39, 0.29) is 0 Å². The first-order chi connectivity index (χ1) is 3.43. The maximum Gasteiger partial charge on any atom is 0.0795 e. The molecule has 0 N–H and O–H groups in total. The molecule has 1 rings (SSSR count). The van der Waals surface area contributed by atoms with Crippen molar-refractivity contribution in [3.63, 3.8) is 0 Å². The summed E-state index contributed by atoms with van der Waals surface area (Å²) in [6, 6.07) is 0.